The fourth-order valence-corrected chi connectivity index (χ4v) is 4.64. The van der Waals surface area contributed by atoms with Crippen molar-refractivity contribution < 1.29 is 13.6 Å². The predicted octanol–water partition coefficient (Wildman–Crippen LogP) is 7.46. The Morgan fingerprint density at radius 3 is 2.49 bits per heavy atom. The van der Waals surface area contributed by atoms with Crippen LogP contribution in [0.4, 0.5) is 19.3 Å². The van der Waals surface area contributed by atoms with Crippen LogP contribution in [0.25, 0.3) is 16.6 Å². The molecular formula is C31H34F2N4O2. The van der Waals surface area contributed by atoms with Crippen LogP contribution in [0.2, 0.25) is 0 Å². The number of urea groups is 1. The van der Waals surface area contributed by atoms with Gasteiger partial charge in [0.2, 0.25) is 0 Å². The summed E-state index contributed by atoms with van der Waals surface area (Å²) < 4.78 is 29.4. The summed E-state index contributed by atoms with van der Waals surface area (Å²) in [5.41, 5.74) is 2.94. The summed E-state index contributed by atoms with van der Waals surface area (Å²) in [4.78, 5) is 33.8. The number of aryl methyl sites for hydroxylation is 2. The zero-order valence-electron chi connectivity index (χ0n) is 22.8. The van der Waals surface area contributed by atoms with Crippen molar-refractivity contribution in [2.75, 3.05) is 11.9 Å². The summed E-state index contributed by atoms with van der Waals surface area (Å²) in [6.45, 7) is 8.26. The lowest BCUT2D eigenvalue weighted by Gasteiger charge is -2.31. The Bertz CT molecular complexity index is 1550. The lowest BCUT2D eigenvalue weighted by Crippen LogP contribution is -2.40. The average molecular weight is 533 g/mol. The third-order valence-electron chi connectivity index (χ3n) is 7.08. The van der Waals surface area contributed by atoms with Crippen LogP contribution < -0.4 is 10.9 Å². The standard InChI is InChI=1S/C31H34F2N4O2/c1-5-6-7-10-17-36(31(39)35-28-16-14-23(32)19-26(28)33)22(4)29-34-27-12-9-8-11-25(27)30(38)37(29)24-15-13-20(2)21(3)18-24/h8-9,11-16,18-19,22H,5-7,10,17H2,1-4H3,(H,35,39). The minimum Gasteiger partial charge on any atom is -0.315 e. The molecule has 0 bridgehead atoms. The summed E-state index contributed by atoms with van der Waals surface area (Å²) in [5.74, 6) is -1.20. The second-order valence-corrected chi connectivity index (χ2v) is 9.88. The Morgan fingerprint density at radius 2 is 1.77 bits per heavy atom. The number of carbonyl (C=O) groups excluding carboxylic acids is 1. The van der Waals surface area contributed by atoms with Gasteiger partial charge in [0, 0.05) is 12.6 Å². The van der Waals surface area contributed by atoms with Crippen molar-refractivity contribution in [3.8, 4) is 5.69 Å². The van der Waals surface area contributed by atoms with Crippen molar-refractivity contribution in [3.63, 3.8) is 0 Å². The molecule has 0 saturated heterocycles. The lowest BCUT2D eigenvalue weighted by molar-refractivity contribution is 0.187. The zero-order valence-corrected chi connectivity index (χ0v) is 22.8. The monoisotopic (exact) mass is 532 g/mol. The molecule has 0 aliphatic carbocycles. The molecule has 6 nitrogen and oxygen atoms in total. The summed E-state index contributed by atoms with van der Waals surface area (Å²) in [6, 6.07) is 14.7. The number of nitrogens with one attached hydrogen (secondary N) is 1. The van der Waals surface area contributed by atoms with E-state index in [0.29, 0.717) is 29.0 Å². The molecule has 0 fully saturated rings. The summed E-state index contributed by atoms with van der Waals surface area (Å²) in [6.07, 6.45) is 3.67. The first-order valence-electron chi connectivity index (χ1n) is 13.3. The van der Waals surface area contributed by atoms with Crippen molar-refractivity contribution in [1.29, 1.82) is 0 Å². The van der Waals surface area contributed by atoms with Crippen LogP contribution in [0.3, 0.4) is 0 Å². The molecule has 8 heteroatoms. The fraction of sp³-hybridized carbons (Fsp3) is 0.323. The molecule has 1 atom stereocenters. The number of amides is 2. The minimum absolute atomic E-state index is 0.120. The first-order valence-corrected chi connectivity index (χ1v) is 13.3. The third-order valence-corrected chi connectivity index (χ3v) is 7.08. The van der Waals surface area contributed by atoms with Gasteiger partial charge in [-0.15, -0.1) is 0 Å². The number of rotatable bonds is 9. The highest BCUT2D eigenvalue weighted by Gasteiger charge is 2.27. The van der Waals surface area contributed by atoms with E-state index in [0.717, 1.165) is 48.9 Å². The van der Waals surface area contributed by atoms with Crippen molar-refractivity contribution in [2.24, 2.45) is 0 Å². The molecule has 1 unspecified atom stereocenters. The maximum absolute atomic E-state index is 14.4. The largest absolute Gasteiger partial charge is 0.322 e. The van der Waals surface area contributed by atoms with Gasteiger partial charge < -0.3 is 10.2 Å². The first-order chi connectivity index (χ1) is 18.7. The summed E-state index contributed by atoms with van der Waals surface area (Å²) >= 11 is 0. The van der Waals surface area contributed by atoms with Gasteiger partial charge in [0.05, 0.1) is 28.3 Å². The number of hydrogen-bond acceptors (Lipinski definition) is 3. The number of hydrogen-bond donors (Lipinski definition) is 1. The molecule has 39 heavy (non-hydrogen) atoms. The molecule has 0 aliphatic heterocycles. The average Bonchev–Trinajstić information content (AvgIpc) is 2.91. The van der Waals surface area contributed by atoms with Crippen LogP contribution in [0.1, 0.15) is 62.5 Å². The highest BCUT2D eigenvalue weighted by molar-refractivity contribution is 5.89. The van der Waals surface area contributed by atoms with Crippen LogP contribution in [0.15, 0.2) is 65.5 Å². The zero-order chi connectivity index (χ0) is 28.1. The molecule has 4 rings (SSSR count). The van der Waals surface area contributed by atoms with Crippen LogP contribution in [-0.4, -0.2) is 27.0 Å². The predicted molar refractivity (Wildman–Crippen MR) is 151 cm³/mol. The van der Waals surface area contributed by atoms with Gasteiger partial charge in [-0.3, -0.25) is 9.36 Å². The Kier molecular flexibility index (Phi) is 8.74. The quantitative estimate of drug-likeness (QED) is 0.228. The minimum atomic E-state index is -0.863. The molecular weight excluding hydrogens is 498 g/mol. The highest BCUT2D eigenvalue weighted by atomic mass is 19.1. The van der Waals surface area contributed by atoms with Crippen molar-refractivity contribution >= 4 is 22.6 Å². The van der Waals surface area contributed by atoms with Crippen molar-refractivity contribution in [1.82, 2.24) is 14.5 Å². The number of para-hydroxylation sites is 1. The van der Waals surface area contributed by atoms with E-state index in [9.17, 15) is 18.4 Å². The number of nitrogens with zero attached hydrogens (tertiary/aromatic N) is 3. The molecule has 4 aromatic rings. The molecule has 0 saturated carbocycles. The molecule has 1 aromatic heterocycles. The van der Waals surface area contributed by atoms with Gasteiger partial charge in [0.1, 0.15) is 17.5 Å². The van der Waals surface area contributed by atoms with E-state index < -0.39 is 23.7 Å². The van der Waals surface area contributed by atoms with Gasteiger partial charge in [0.15, 0.2) is 0 Å². The number of halogens is 2. The second kappa shape index (κ2) is 12.2. The summed E-state index contributed by atoms with van der Waals surface area (Å²) in [7, 11) is 0. The fourth-order valence-electron chi connectivity index (χ4n) is 4.64. The Balaban J connectivity index is 1.82. The maximum atomic E-state index is 14.4. The van der Waals surface area contributed by atoms with Gasteiger partial charge >= 0.3 is 6.03 Å². The van der Waals surface area contributed by atoms with E-state index in [2.05, 4.69) is 12.2 Å². The molecule has 0 aliphatic rings. The number of fused-ring (bicyclic) bond motifs is 1. The van der Waals surface area contributed by atoms with E-state index in [1.807, 2.05) is 45.0 Å². The van der Waals surface area contributed by atoms with Gasteiger partial charge in [-0.05, 0) is 74.7 Å². The molecule has 0 spiro atoms. The van der Waals surface area contributed by atoms with Gasteiger partial charge in [-0.25, -0.2) is 18.6 Å². The molecule has 204 valence electrons. The van der Waals surface area contributed by atoms with Crippen LogP contribution >= 0.6 is 0 Å². The number of carbonyl (C=O) groups is 1. The van der Waals surface area contributed by atoms with Gasteiger partial charge in [-0.2, -0.15) is 0 Å². The molecule has 2 amide bonds. The number of anilines is 1. The Labute approximate surface area is 227 Å². The van der Waals surface area contributed by atoms with Crippen LogP contribution in [-0.2, 0) is 0 Å². The van der Waals surface area contributed by atoms with E-state index >= 15 is 0 Å². The van der Waals surface area contributed by atoms with Crippen molar-refractivity contribution in [2.45, 2.75) is 59.4 Å². The maximum Gasteiger partial charge on any atom is 0.322 e. The smallest absolute Gasteiger partial charge is 0.315 e. The number of benzene rings is 3. The van der Waals surface area contributed by atoms with E-state index in [1.165, 1.54) is 6.07 Å². The first kappa shape index (κ1) is 28.0. The molecule has 1 N–H and O–H groups in total. The Morgan fingerprint density at radius 1 is 1.00 bits per heavy atom. The SMILES string of the molecule is CCCCCCN(C(=O)Nc1ccc(F)cc1F)C(C)c1nc2ccccc2c(=O)n1-c1ccc(C)c(C)c1. The molecule has 1 heterocycles. The van der Waals surface area contributed by atoms with Crippen molar-refractivity contribution in [3.05, 3.63) is 99.6 Å². The Hall–Kier alpha value is -4.07. The summed E-state index contributed by atoms with van der Waals surface area (Å²) in [5, 5.41) is 3.06. The van der Waals surface area contributed by atoms with Crippen LogP contribution in [0.5, 0.6) is 0 Å². The second-order valence-electron chi connectivity index (χ2n) is 9.88. The lowest BCUT2D eigenvalue weighted by atomic mass is 10.1. The van der Waals surface area contributed by atoms with E-state index in [1.54, 1.807) is 27.7 Å². The van der Waals surface area contributed by atoms with Crippen LogP contribution in [0, 0.1) is 25.5 Å². The van der Waals surface area contributed by atoms with Gasteiger partial charge in [-0.1, -0.05) is 44.4 Å². The topological polar surface area (TPSA) is 67.2 Å². The van der Waals surface area contributed by atoms with E-state index in [-0.39, 0.29) is 11.2 Å². The third kappa shape index (κ3) is 6.16. The molecule has 3 aromatic carbocycles. The van der Waals surface area contributed by atoms with E-state index in [4.69, 9.17) is 4.98 Å². The number of aromatic nitrogens is 2. The highest BCUT2D eigenvalue weighted by Crippen LogP contribution is 2.26. The normalized spacial score (nSPS) is 11.9. The van der Waals surface area contributed by atoms with Gasteiger partial charge in [0.25, 0.3) is 5.56 Å². The molecule has 0 radical (unpaired) electrons. The number of unbranched alkanes of at least 4 members (excludes halogenated alkanes) is 3.